The van der Waals surface area contributed by atoms with E-state index in [1.165, 1.54) is 18.2 Å². The molecule has 0 aliphatic heterocycles. The molecule has 3 aromatic carbocycles. The van der Waals surface area contributed by atoms with Crippen LogP contribution in [0.25, 0.3) is 21.8 Å². The Labute approximate surface area is 131 Å². The third-order valence-electron chi connectivity index (χ3n) is 4.04. The Bertz CT molecular complexity index is 985. The summed E-state index contributed by atoms with van der Waals surface area (Å²) in [5.41, 5.74) is 2.98. The van der Waals surface area contributed by atoms with E-state index in [9.17, 15) is 8.78 Å². The number of rotatable bonds is 3. The summed E-state index contributed by atoms with van der Waals surface area (Å²) in [6, 6.07) is 17.8. The average Bonchev–Trinajstić information content (AvgIpc) is 2.92. The van der Waals surface area contributed by atoms with E-state index < -0.39 is 11.6 Å². The minimum Gasteiger partial charge on any atom is -0.381 e. The first-order valence-electron chi connectivity index (χ1n) is 7.39. The minimum absolute atomic E-state index is 0.0477. The number of aromatic nitrogens is 1. The Morgan fingerprint density at radius 3 is 2.35 bits per heavy atom. The molecule has 0 saturated heterocycles. The van der Waals surface area contributed by atoms with E-state index in [0.29, 0.717) is 0 Å². The first-order chi connectivity index (χ1) is 11.2. The molecule has 0 aliphatic carbocycles. The third kappa shape index (κ3) is 2.42. The van der Waals surface area contributed by atoms with Gasteiger partial charge in [0.15, 0.2) is 0 Å². The zero-order valence-corrected chi connectivity index (χ0v) is 12.2. The maximum absolute atomic E-state index is 13.7. The number of fused-ring (bicyclic) bond motifs is 3. The normalized spacial score (nSPS) is 11.2. The van der Waals surface area contributed by atoms with Crippen LogP contribution in [0.4, 0.5) is 14.5 Å². The fourth-order valence-corrected chi connectivity index (χ4v) is 2.85. The summed E-state index contributed by atoms with van der Waals surface area (Å²) in [7, 11) is 0. The van der Waals surface area contributed by atoms with Crippen molar-refractivity contribution in [1.82, 2.24) is 4.98 Å². The van der Waals surface area contributed by atoms with Crippen LogP contribution in [0.15, 0.2) is 60.7 Å². The molecular weight excluding hydrogens is 294 g/mol. The molecule has 0 spiro atoms. The van der Waals surface area contributed by atoms with Gasteiger partial charge in [-0.3, -0.25) is 0 Å². The van der Waals surface area contributed by atoms with Crippen molar-refractivity contribution in [3.05, 3.63) is 77.9 Å². The van der Waals surface area contributed by atoms with Gasteiger partial charge < -0.3 is 10.3 Å². The molecule has 4 rings (SSSR count). The summed E-state index contributed by atoms with van der Waals surface area (Å²) < 4.78 is 27.4. The van der Waals surface area contributed by atoms with Crippen molar-refractivity contribution in [2.24, 2.45) is 0 Å². The van der Waals surface area contributed by atoms with Crippen molar-refractivity contribution >= 4 is 27.5 Å². The first-order valence-corrected chi connectivity index (χ1v) is 7.39. The predicted molar refractivity (Wildman–Crippen MR) is 89.5 cm³/mol. The number of benzene rings is 3. The number of nitrogens with one attached hydrogen (secondary N) is 2. The van der Waals surface area contributed by atoms with Crippen molar-refractivity contribution in [1.29, 1.82) is 0 Å². The van der Waals surface area contributed by atoms with E-state index in [0.717, 1.165) is 27.5 Å². The molecule has 2 N–H and O–H groups in total. The lowest BCUT2D eigenvalue weighted by molar-refractivity contribution is 0.560. The Morgan fingerprint density at radius 2 is 1.52 bits per heavy atom. The topological polar surface area (TPSA) is 27.8 Å². The average molecular weight is 308 g/mol. The second kappa shape index (κ2) is 5.39. The molecule has 1 aromatic heterocycles. The van der Waals surface area contributed by atoms with Gasteiger partial charge in [-0.05, 0) is 36.4 Å². The van der Waals surface area contributed by atoms with Gasteiger partial charge in [-0.25, -0.2) is 8.78 Å². The number of hydrogen-bond acceptors (Lipinski definition) is 1. The number of anilines is 1. The quantitative estimate of drug-likeness (QED) is 0.534. The Morgan fingerprint density at radius 1 is 0.783 bits per heavy atom. The summed E-state index contributed by atoms with van der Waals surface area (Å²) in [5.74, 6) is -1.07. The van der Waals surface area contributed by atoms with E-state index >= 15 is 0 Å². The van der Waals surface area contributed by atoms with Crippen molar-refractivity contribution in [2.75, 3.05) is 5.32 Å². The molecule has 0 amide bonds. The second-order valence-electron chi connectivity index (χ2n) is 5.48. The Balaban J connectivity index is 1.68. The van der Waals surface area contributed by atoms with Crippen LogP contribution in [0, 0.1) is 11.6 Å². The highest BCUT2D eigenvalue weighted by Crippen LogP contribution is 2.28. The van der Waals surface area contributed by atoms with Crippen molar-refractivity contribution < 1.29 is 8.78 Å². The number of aromatic amines is 1. The molecule has 0 radical (unpaired) electrons. The predicted octanol–water partition coefficient (Wildman–Crippen LogP) is 5.21. The van der Waals surface area contributed by atoms with Crippen molar-refractivity contribution in [2.45, 2.75) is 6.54 Å². The van der Waals surface area contributed by atoms with Crippen molar-refractivity contribution in [3.63, 3.8) is 0 Å². The van der Waals surface area contributed by atoms with Gasteiger partial charge in [0.1, 0.15) is 11.6 Å². The van der Waals surface area contributed by atoms with Gasteiger partial charge in [0.2, 0.25) is 0 Å². The molecule has 23 heavy (non-hydrogen) atoms. The van der Waals surface area contributed by atoms with Gasteiger partial charge >= 0.3 is 0 Å². The van der Waals surface area contributed by atoms with Crippen LogP contribution in [-0.4, -0.2) is 4.98 Å². The van der Waals surface area contributed by atoms with Crippen LogP contribution in [0.1, 0.15) is 5.56 Å². The third-order valence-corrected chi connectivity index (χ3v) is 4.04. The highest BCUT2D eigenvalue weighted by atomic mass is 19.1. The van der Waals surface area contributed by atoms with Gasteiger partial charge in [-0.2, -0.15) is 0 Å². The number of hydrogen-bond donors (Lipinski definition) is 2. The van der Waals surface area contributed by atoms with Gasteiger partial charge in [-0.15, -0.1) is 0 Å². The van der Waals surface area contributed by atoms with Gasteiger partial charge in [0, 0.05) is 39.6 Å². The van der Waals surface area contributed by atoms with E-state index in [2.05, 4.69) is 16.4 Å². The van der Waals surface area contributed by atoms with Crippen molar-refractivity contribution in [3.8, 4) is 0 Å². The molecule has 2 nitrogen and oxygen atoms in total. The summed E-state index contributed by atoms with van der Waals surface area (Å²) in [4.78, 5) is 3.35. The van der Waals surface area contributed by atoms with Crippen LogP contribution >= 0.6 is 0 Å². The molecule has 0 bridgehead atoms. The van der Waals surface area contributed by atoms with E-state index in [1.807, 2.05) is 36.4 Å². The molecular formula is C19H14F2N2. The fraction of sp³-hybridized carbons (Fsp3) is 0.0526. The molecule has 4 aromatic rings. The van der Waals surface area contributed by atoms with Gasteiger partial charge in [0.25, 0.3) is 0 Å². The minimum atomic E-state index is -0.536. The Hall–Kier alpha value is -2.88. The van der Waals surface area contributed by atoms with Crippen LogP contribution in [-0.2, 0) is 6.54 Å². The monoisotopic (exact) mass is 308 g/mol. The lowest BCUT2D eigenvalue weighted by atomic mass is 10.1. The summed E-state index contributed by atoms with van der Waals surface area (Å²) in [5, 5.41) is 5.31. The SMILES string of the molecule is Fc1cccc(F)c1CNc1ccc2[nH]c3ccccc3c2c1. The summed E-state index contributed by atoms with van der Waals surface area (Å²) in [6.45, 7) is 0.104. The maximum Gasteiger partial charge on any atom is 0.131 e. The zero-order chi connectivity index (χ0) is 15.8. The molecule has 1 heterocycles. The van der Waals surface area contributed by atoms with Gasteiger partial charge in [0.05, 0.1) is 0 Å². The molecule has 0 aliphatic rings. The molecule has 0 unspecified atom stereocenters. The van der Waals surface area contributed by atoms with E-state index in [-0.39, 0.29) is 12.1 Å². The largest absolute Gasteiger partial charge is 0.381 e. The highest BCUT2D eigenvalue weighted by Gasteiger charge is 2.09. The lowest BCUT2D eigenvalue weighted by Crippen LogP contribution is -2.04. The lowest BCUT2D eigenvalue weighted by Gasteiger charge is -2.08. The van der Waals surface area contributed by atoms with Gasteiger partial charge in [-0.1, -0.05) is 24.3 Å². The summed E-state index contributed by atoms with van der Waals surface area (Å²) in [6.07, 6.45) is 0. The second-order valence-corrected chi connectivity index (χ2v) is 5.48. The molecule has 0 atom stereocenters. The summed E-state index contributed by atoms with van der Waals surface area (Å²) >= 11 is 0. The number of halogens is 2. The maximum atomic E-state index is 13.7. The zero-order valence-electron chi connectivity index (χ0n) is 12.2. The molecule has 4 heteroatoms. The number of para-hydroxylation sites is 1. The molecule has 114 valence electrons. The van der Waals surface area contributed by atoms with Crippen LogP contribution in [0.5, 0.6) is 0 Å². The van der Waals surface area contributed by atoms with Crippen LogP contribution in [0.3, 0.4) is 0 Å². The first kappa shape index (κ1) is 13.8. The molecule has 0 fully saturated rings. The number of H-pyrrole nitrogens is 1. The van der Waals surface area contributed by atoms with E-state index in [1.54, 1.807) is 0 Å². The Kier molecular flexibility index (Phi) is 3.23. The van der Waals surface area contributed by atoms with Crippen LogP contribution in [0.2, 0.25) is 0 Å². The fourth-order valence-electron chi connectivity index (χ4n) is 2.85. The molecule has 0 saturated carbocycles. The smallest absolute Gasteiger partial charge is 0.131 e. The standard InChI is InChI=1S/C19H14F2N2/c20-16-5-3-6-17(21)15(16)11-22-12-8-9-19-14(10-12)13-4-1-2-7-18(13)23-19/h1-10,22-23H,11H2. The van der Waals surface area contributed by atoms with Crippen LogP contribution < -0.4 is 5.32 Å². The van der Waals surface area contributed by atoms with E-state index in [4.69, 9.17) is 0 Å². The highest BCUT2D eigenvalue weighted by molar-refractivity contribution is 6.08.